The van der Waals surface area contributed by atoms with Crippen molar-refractivity contribution in [1.29, 1.82) is 0 Å². The number of hydrogen-bond acceptors (Lipinski definition) is 6. The molecule has 0 spiro atoms. The first-order valence-corrected chi connectivity index (χ1v) is 10.4. The van der Waals surface area contributed by atoms with E-state index in [0.29, 0.717) is 39.8 Å². The van der Waals surface area contributed by atoms with Crippen LogP contribution in [0.25, 0.3) is 0 Å². The molecule has 9 heteroatoms. The van der Waals surface area contributed by atoms with E-state index in [-0.39, 0.29) is 11.8 Å². The molecule has 0 fully saturated rings. The van der Waals surface area contributed by atoms with Gasteiger partial charge in [0.05, 0.1) is 27.5 Å². The molecule has 8 nitrogen and oxygen atoms in total. The van der Waals surface area contributed by atoms with Crippen LogP contribution in [0.3, 0.4) is 0 Å². The first kappa shape index (κ1) is 25.0. The first-order chi connectivity index (χ1) is 15.3. The van der Waals surface area contributed by atoms with Crippen molar-refractivity contribution in [1.82, 2.24) is 10.7 Å². The summed E-state index contributed by atoms with van der Waals surface area (Å²) in [6.45, 7) is 3.93. The summed E-state index contributed by atoms with van der Waals surface area (Å²) in [7, 11) is 4.54. The van der Waals surface area contributed by atoms with Crippen LogP contribution in [0.1, 0.15) is 36.2 Å². The molecule has 0 aromatic heterocycles. The minimum Gasteiger partial charge on any atom is -0.493 e. The third-order valence-electron chi connectivity index (χ3n) is 4.51. The second-order valence-corrected chi connectivity index (χ2v) is 7.79. The van der Waals surface area contributed by atoms with Crippen LogP contribution < -0.4 is 25.0 Å². The van der Waals surface area contributed by atoms with Gasteiger partial charge in [-0.3, -0.25) is 9.59 Å². The molecule has 0 saturated heterocycles. The predicted molar refractivity (Wildman–Crippen MR) is 124 cm³/mol. The van der Waals surface area contributed by atoms with Gasteiger partial charge in [0, 0.05) is 16.1 Å². The predicted octanol–water partition coefficient (Wildman–Crippen LogP) is 3.66. The third-order valence-corrected chi connectivity index (χ3v) is 4.76. The van der Waals surface area contributed by atoms with Gasteiger partial charge in [-0.1, -0.05) is 25.4 Å². The van der Waals surface area contributed by atoms with Crippen LogP contribution in [0, 0.1) is 5.92 Å². The van der Waals surface area contributed by atoms with Crippen molar-refractivity contribution >= 4 is 29.6 Å². The first-order valence-electron chi connectivity index (χ1n) is 9.98. The molecule has 0 heterocycles. The Morgan fingerprint density at radius 1 is 1.03 bits per heavy atom. The number of nitrogens with zero attached hydrogens (tertiary/aromatic N) is 1. The van der Waals surface area contributed by atoms with E-state index in [1.165, 1.54) is 27.5 Å². The highest BCUT2D eigenvalue weighted by molar-refractivity contribution is 6.30. The molecule has 0 radical (unpaired) electrons. The fourth-order valence-electron chi connectivity index (χ4n) is 2.97. The summed E-state index contributed by atoms with van der Waals surface area (Å²) in [6, 6.07) is 9.09. The molecule has 1 atom stereocenters. The molecule has 172 valence electrons. The van der Waals surface area contributed by atoms with Crippen LogP contribution >= 0.6 is 11.6 Å². The average Bonchev–Trinajstić information content (AvgIpc) is 2.77. The number of benzene rings is 2. The number of methoxy groups -OCH3 is 3. The number of hydrogen-bond donors (Lipinski definition) is 2. The largest absolute Gasteiger partial charge is 0.493 e. The molecule has 0 bridgehead atoms. The number of carbonyl (C=O) groups is 2. The van der Waals surface area contributed by atoms with Crippen LogP contribution in [0.2, 0.25) is 5.02 Å². The molecule has 2 rings (SSSR count). The van der Waals surface area contributed by atoms with Gasteiger partial charge >= 0.3 is 0 Å². The topological polar surface area (TPSA) is 98.2 Å². The summed E-state index contributed by atoms with van der Waals surface area (Å²) >= 11 is 5.87. The zero-order valence-corrected chi connectivity index (χ0v) is 19.5. The molecule has 2 aromatic rings. The molecule has 2 N–H and O–H groups in total. The van der Waals surface area contributed by atoms with Crippen LogP contribution in [0.15, 0.2) is 41.5 Å². The number of nitrogens with one attached hydrogen (secondary N) is 2. The molecule has 0 saturated carbocycles. The summed E-state index contributed by atoms with van der Waals surface area (Å²) < 4.78 is 15.9. The van der Waals surface area contributed by atoms with Gasteiger partial charge in [-0.05, 0) is 48.7 Å². The van der Waals surface area contributed by atoms with Gasteiger partial charge in [-0.2, -0.15) is 5.10 Å². The lowest BCUT2D eigenvalue weighted by Crippen LogP contribution is -2.46. The molecule has 1 unspecified atom stereocenters. The fourth-order valence-corrected chi connectivity index (χ4v) is 3.10. The normalized spacial score (nSPS) is 11.8. The number of hydrazone groups is 1. The maximum Gasteiger partial charge on any atom is 0.262 e. The lowest BCUT2D eigenvalue weighted by atomic mass is 10.0. The molecular weight excluding hydrogens is 434 g/mol. The van der Waals surface area contributed by atoms with Gasteiger partial charge in [-0.15, -0.1) is 0 Å². The zero-order chi connectivity index (χ0) is 23.7. The number of halogens is 1. The Morgan fingerprint density at radius 3 is 2.12 bits per heavy atom. The van der Waals surface area contributed by atoms with E-state index in [0.717, 1.165) is 0 Å². The minimum atomic E-state index is -0.754. The number of amides is 2. The summed E-state index contributed by atoms with van der Waals surface area (Å²) in [5.74, 6) is 0.773. The Labute approximate surface area is 192 Å². The minimum absolute atomic E-state index is 0.176. The van der Waals surface area contributed by atoms with Gasteiger partial charge in [0.1, 0.15) is 6.04 Å². The Morgan fingerprint density at radius 2 is 1.62 bits per heavy atom. The molecule has 32 heavy (non-hydrogen) atoms. The van der Waals surface area contributed by atoms with E-state index < -0.39 is 11.9 Å². The fraction of sp³-hybridized carbons (Fsp3) is 0.348. The maximum absolute atomic E-state index is 12.7. The van der Waals surface area contributed by atoms with Gasteiger partial charge < -0.3 is 19.5 Å². The summed E-state index contributed by atoms with van der Waals surface area (Å²) in [4.78, 5) is 25.2. The number of rotatable bonds is 10. The van der Waals surface area contributed by atoms with E-state index in [9.17, 15) is 9.59 Å². The highest BCUT2D eigenvalue weighted by atomic mass is 35.5. The summed E-state index contributed by atoms with van der Waals surface area (Å²) in [5.41, 5.74) is 3.53. The zero-order valence-electron chi connectivity index (χ0n) is 18.8. The maximum atomic E-state index is 12.7. The Bertz CT molecular complexity index is 936. The smallest absolute Gasteiger partial charge is 0.262 e. The van der Waals surface area contributed by atoms with Gasteiger partial charge in [0.25, 0.3) is 11.8 Å². The van der Waals surface area contributed by atoms with Crippen LogP contribution in [-0.2, 0) is 4.79 Å². The van der Waals surface area contributed by atoms with E-state index in [1.54, 1.807) is 36.4 Å². The lowest BCUT2D eigenvalue weighted by molar-refractivity contribution is -0.123. The van der Waals surface area contributed by atoms with E-state index in [1.807, 2.05) is 13.8 Å². The molecular formula is C23H28ClN3O5. The molecule has 2 amide bonds. The summed E-state index contributed by atoms with van der Waals surface area (Å²) in [5, 5.41) is 7.31. The van der Waals surface area contributed by atoms with Crippen molar-refractivity contribution in [3.05, 3.63) is 52.5 Å². The van der Waals surface area contributed by atoms with Crippen LogP contribution in [-0.4, -0.2) is 45.4 Å². The van der Waals surface area contributed by atoms with Crippen molar-refractivity contribution < 1.29 is 23.8 Å². The molecule has 0 aliphatic heterocycles. The third kappa shape index (κ3) is 6.88. The second-order valence-electron chi connectivity index (χ2n) is 7.36. The van der Waals surface area contributed by atoms with E-state index in [2.05, 4.69) is 15.8 Å². The van der Waals surface area contributed by atoms with Crippen molar-refractivity contribution in [3.8, 4) is 17.2 Å². The van der Waals surface area contributed by atoms with E-state index >= 15 is 0 Å². The van der Waals surface area contributed by atoms with Crippen LogP contribution in [0.5, 0.6) is 17.2 Å². The van der Waals surface area contributed by atoms with Crippen molar-refractivity contribution in [2.24, 2.45) is 11.0 Å². The van der Waals surface area contributed by atoms with Crippen molar-refractivity contribution in [3.63, 3.8) is 0 Å². The quantitative estimate of drug-likeness (QED) is 0.415. The van der Waals surface area contributed by atoms with Gasteiger partial charge in [0.15, 0.2) is 11.5 Å². The highest BCUT2D eigenvalue weighted by Gasteiger charge is 2.22. The molecule has 0 aliphatic carbocycles. The van der Waals surface area contributed by atoms with Crippen LogP contribution in [0.4, 0.5) is 0 Å². The Hall–Kier alpha value is -3.26. The second kappa shape index (κ2) is 12.0. The Kier molecular flexibility index (Phi) is 9.34. The SMILES string of the molecule is COc1cc(C=NNC(=O)C(CC(C)C)NC(=O)c2ccc(Cl)cc2)cc(OC)c1OC. The molecule has 2 aromatic carbocycles. The number of carbonyl (C=O) groups excluding carboxylic acids is 2. The standard InChI is InChI=1S/C23H28ClN3O5/c1-14(2)10-18(26-22(28)16-6-8-17(24)9-7-16)23(29)27-25-13-15-11-19(30-3)21(32-5)20(12-15)31-4/h6-9,11-14,18H,10H2,1-5H3,(H,26,28)(H,27,29). The number of ether oxygens (including phenoxy) is 3. The van der Waals surface area contributed by atoms with Gasteiger partial charge in [-0.25, -0.2) is 5.43 Å². The molecule has 0 aliphatic rings. The van der Waals surface area contributed by atoms with Crippen molar-refractivity contribution in [2.45, 2.75) is 26.3 Å². The monoisotopic (exact) mass is 461 g/mol. The Balaban J connectivity index is 2.12. The van der Waals surface area contributed by atoms with Crippen molar-refractivity contribution in [2.75, 3.05) is 21.3 Å². The average molecular weight is 462 g/mol. The summed E-state index contributed by atoms with van der Waals surface area (Å²) in [6.07, 6.45) is 1.90. The van der Waals surface area contributed by atoms with E-state index in [4.69, 9.17) is 25.8 Å². The highest BCUT2D eigenvalue weighted by Crippen LogP contribution is 2.37. The van der Waals surface area contributed by atoms with Gasteiger partial charge in [0.2, 0.25) is 5.75 Å². The lowest BCUT2D eigenvalue weighted by Gasteiger charge is -2.19.